The van der Waals surface area contributed by atoms with Gasteiger partial charge in [-0.3, -0.25) is 14.4 Å². The van der Waals surface area contributed by atoms with Crippen LogP contribution in [0.15, 0.2) is 46.3 Å². The molecule has 1 fully saturated rings. The number of nitrogens with one attached hydrogen (secondary N) is 2. The molecule has 1 saturated heterocycles. The van der Waals surface area contributed by atoms with Crippen molar-refractivity contribution in [3.05, 3.63) is 52.5 Å². The highest BCUT2D eigenvalue weighted by molar-refractivity contribution is 7.07. The highest BCUT2D eigenvalue weighted by atomic mass is 32.1. The number of nitrogens with zero attached hydrogens (tertiary/aromatic N) is 4. The molecule has 1 aromatic carbocycles. The Morgan fingerprint density at radius 1 is 1.26 bits per heavy atom. The number of amides is 4. The fourth-order valence-electron chi connectivity index (χ4n) is 4.83. The van der Waals surface area contributed by atoms with Gasteiger partial charge in [-0.2, -0.15) is 5.10 Å². The fraction of sp³-hybridized carbons (Fsp3) is 0.462. The van der Waals surface area contributed by atoms with E-state index in [1.165, 1.54) is 30.2 Å². The number of hydrogen-bond acceptors (Lipinski definition) is 8. The number of hydrogen-bond donors (Lipinski definition) is 3. The Balaban J connectivity index is 1.55. The summed E-state index contributed by atoms with van der Waals surface area (Å²) in [6.45, 7) is 3.26. The lowest BCUT2D eigenvalue weighted by molar-refractivity contribution is -0.144. The second kappa shape index (κ2) is 11.5. The second-order valence-electron chi connectivity index (χ2n) is 10.2. The number of likely N-dealkylation sites (tertiary alicyclic amines) is 1. The van der Waals surface area contributed by atoms with Gasteiger partial charge in [0.15, 0.2) is 0 Å². The Morgan fingerprint density at radius 3 is 2.67 bits per heavy atom. The van der Waals surface area contributed by atoms with Gasteiger partial charge in [0, 0.05) is 38.4 Å². The average molecular weight is 557 g/mol. The van der Waals surface area contributed by atoms with Crippen LogP contribution in [-0.2, 0) is 32.1 Å². The molecular weight excluding hydrogens is 524 g/mol. The summed E-state index contributed by atoms with van der Waals surface area (Å²) in [5.41, 5.74) is 1.49. The van der Waals surface area contributed by atoms with Crippen molar-refractivity contribution in [2.45, 2.75) is 44.9 Å². The summed E-state index contributed by atoms with van der Waals surface area (Å²) >= 11 is 1.43. The van der Waals surface area contributed by atoms with E-state index in [0.29, 0.717) is 25.1 Å². The number of fused-ring (bicyclic) bond motifs is 1. The van der Waals surface area contributed by atoms with Crippen LogP contribution in [0.2, 0.25) is 0 Å². The van der Waals surface area contributed by atoms with Crippen molar-refractivity contribution >= 4 is 40.9 Å². The topological polar surface area (TPSA) is 154 Å². The lowest BCUT2D eigenvalue weighted by Crippen LogP contribution is -2.62. The maximum Gasteiger partial charge on any atom is 0.405 e. The highest BCUT2D eigenvalue weighted by Gasteiger charge is 2.54. The number of rotatable bonds is 10. The minimum Gasteiger partial charge on any atom is -0.465 e. The molecule has 3 heterocycles. The molecule has 2 atom stereocenters. The second-order valence-corrected chi connectivity index (χ2v) is 10.9. The molecule has 2 aliphatic rings. The first kappa shape index (κ1) is 28.2. The largest absolute Gasteiger partial charge is 0.465 e. The van der Waals surface area contributed by atoms with Crippen molar-refractivity contribution in [3.8, 4) is 0 Å². The summed E-state index contributed by atoms with van der Waals surface area (Å²) < 4.78 is 5.82. The maximum atomic E-state index is 13.9. The molecule has 39 heavy (non-hydrogen) atoms. The number of carbonyl (C=O) groups is 4. The molecule has 12 nitrogen and oxygen atoms in total. The number of aromatic nitrogens is 1. The first-order chi connectivity index (χ1) is 18.5. The van der Waals surface area contributed by atoms with Crippen LogP contribution in [-0.4, -0.2) is 87.9 Å². The van der Waals surface area contributed by atoms with Crippen LogP contribution >= 0.6 is 11.3 Å². The van der Waals surface area contributed by atoms with Gasteiger partial charge in [-0.25, -0.2) is 14.8 Å². The summed E-state index contributed by atoms with van der Waals surface area (Å²) in [4.78, 5) is 57.4. The molecule has 0 saturated carbocycles. The lowest BCUT2D eigenvalue weighted by Gasteiger charge is -2.40. The Morgan fingerprint density at radius 2 is 2.00 bits per heavy atom. The van der Waals surface area contributed by atoms with E-state index >= 15 is 0 Å². The zero-order chi connectivity index (χ0) is 28.2. The molecule has 0 radical (unpaired) electrons. The third-order valence-electron chi connectivity index (χ3n) is 6.87. The van der Waals surface area contributed by atoms with Gasteiger partial charge >= 0.3 is 6.09 Å². The molecule has 208 valence electrons. The summed E-state index contributed by atoms with van der Waals surface area (Å²) in [6.07, 6.45) is -0.669. The molecule has 13 heteroatoms. The van der Waals surface area contributed by atoms with E-state index in [1.807, 2.05) is 35.7 Å². The monoisotopic (exact) mass is 556 g/mol. The van der Waals surface area contributed by atoms with E-state index in [4.69, 9.17) is 9.84 Å². The number of carboxylic acid groups (broad SMARTS) is 1. The van der Waals surface area contributed by atoms with Crippen molar-refractivity contribution in [1.82, 2.24) is 25.5 Å². The van der Waals surface area contributed by atoms with Gasteiger partial charge in [0.05, 0.1) is 30.1 Å². The van der Waals surface area contributed by atoms with Gasteiger partial charge in [0.1, 0.15) is 17.0 Å². The Labute approximate surface area is 230 Å². The molecule has 0 spiro atoms. The SMILES string of the molecule is CN1N=C2CCN(C(=O)C(COCc3ccccc3)NC(=O)C(C)(C)NC(=O)O)CC2(Cc2cscn2)C1=O. The van der Waals surface area contributed by atoms with Gasteiger partial charge in [-0.1, -0.05) is 30.3 Å². The zero-order valence-electron chi connectivity index (χ0n) is 22.0. The smallest absolute Gasteiger partial charge is 0.405 e. The molecule has 2 aromatic rings. The van der Waals surface area contributed by atoms with Crippen molar-refractivity contribution in [2.24, 2.45) is 10.5 Å². The minimum absolute atomic E-state index is 0.0766. The fourth-order valence-corrected chi connectivity index (χ4v) is 5.39. The van der Waals surface area contributed by atoms with Crippen LogP contribution < -0.4 is 10.6 Å². The number of ether oxygens (including phenoxy) is 1. The van der Waals surface area contributed by atoms with Crippen LogP contribution in [0, 0.1) is 5.41 Å². The third kappa shape index (κ3) is 6.25. The first-order valence-corrected chi connectivity index (χ1v) is 13.4. The van der Waals surface area contributed by atoms with Gasteiger partial charge in [-0.05, 0) is 19.4 Å². The number of carbonyl (C=O) groups excluding carboxylic acids is 3. The molecular formula is C26H32N6O6S. The molecule has 0 aliphatic carbocycles. The predicted octanol–water partition coefficient (Wildman–Crippen LogP) is 1.48. The Hall–Kier alpha value is -3.84. The van der Waals surface area contributed by atoms with E-state index in [2.05, 4.69) is 20.7 Å². The van der Waals surface area contributed by atoms with Crippen molar-refractivity contribution in [1.29, 1.82) is 0 Å². The van der Waals surface area contributed by atoms with Crippen LogP contribution in [0.4, 0.5) is 4.79 Å². The molecule has 0 bridgehead atoms. The van der Waals surface area contributed by atoms with E-state index in [-0.39, 0.29) is 25.7 Å². The van der Waals surface area contributed by atoms with Gasteiger partial charge in [0.2, 0.25) is 11.8 Å². The van der Waals surface area contributed by atoms with Crippen LogP contribution in [0.25, 0.3) is 0 Å². The summed E-state index contributed by atoms with van der Waals surface area (Å²) in [5.74, 6) is -1.32. The molecule has 2 unspecified atom stereocenters. The van der Waals surface area contributed by atoms with E-state index < -0.39 is 34.9 Å². The van der Waals surface area contributed by atoms with Gasteiger partial charge in [-0.15, -0.1) is 11.3 Å². The number of piperidine rings is 1. The maximum absolute atomic E-state index is 13.9. The summed E-state index contributed by atoms with van der Waals surface area (Å²) in [6, 6.07) is 8.27. The van der Waals surface area contributed by atoms with E-state index in [0.717, 1.165) is 11.3 Å². The predicted molar refractivity (Wildman–Crippen MR) is 143 cm³/mol. The summed E-state index contributed by atoms with van der Waals surface area (Å²) in [5, 5.41) is 21.6. The van der Waals surface area contributed by atoms with Crippen LogP contribution in [0.3, 0.4) is 0 Å². The third-order valence-corrected chi connectivity index (χ3v) is 7.51. The Bertz CT molecular complexity index is 1250. The number of thiazole rings is 1. The van der Waals surface area contributed by atoms with Crippen molar-refractivity contribution in [3.63, 3.8) is 0 Å². The van der Waals surface area contributed by atoms with Crippen LogP contribution in [0.1, 0.15) is 31.5 Å². The van der Waals surface area contributed by atoms with Gasteiger partial charge in [0.25, 0.3) is 5.91 Å². The molecule has 3 N–H and O–H groups in total. The summed E-state index contributed by atoms with van der Waals surface area (Å²) in [7, 11) is 1.60. The normalized spacial score (nSPS) is 19.8. The van der Waals surface area contributed by atoms with Crippen LogP contribution in [0.5, 0.6) is 0 Å². The number of hydrazone groups is 1. The Kier molecular flexibility index (Phi) is 8.31. The molecule has 4 rings (SSSR count). The minimum atomic E-state index is -1.50. The first-order valence-electron chi connectivity index (χ1n) is 12.5. The quantitative estimate of drug-likeness (QED) is 0.401. The number of benzene rings is 1. The zero-order valence-corrected chi connectivity index (χ0v) is 22.9. The molecule has 2 aliphatic heterocycles. The van der Waals surface area contributed by atoms with E-state index in [1.54, 1.807) is 17.5 Å². The van der Waals surface area contributed by atoms with Crippen molar-refractivity contribution in [2.75, 3.05) is 26.7 Å². The molecule has 1 aromatic heterocycles. The molecule has 4 amide bonds. The van der Waals surface area contributed by atoms with Crippen molar-refractivity contribution < 1.29 is 29.0 Å². The van der Waals surface area contributed by atoms with Gasteiger partial charge < -0.3 is 25.4 Å². The standard InChI is InChI=1S/C26H32N6O6S/c1-25(2,29-24(36)37)22(34)28-19(13-38-12-17-7-5-4-6-8-17)21(33)32-10-9-20-26(15-32,23(35)31(3)30-20)11-18-14-39-16-27-18/h4-8,14,16,19,29H,9-13,15H2,1-3H3,(H,28,34)(H,36,37). The lowest BCUT2D eigenvalue weighted by atomic mass is 9.74. The van der Waals surface area contributed by atoms with E-state index in [9.17, 15) is 19.2 Å². The highest BCUT2D eigenvalue weighted by Crippen LogP contribution is 2.38. The average Bonchev–Trinajstić information content (AvgIpc) is 3.48.